The van der Waals surface area contributed by atoms with Gasteiger partial charge in [0.15, 0.2) is 0 Å². The second-order valence-electron chi connectivity index (χ2n) is 5.39. The summed E-state index contributed by atoms with van der Waals surface area (Å²) in [7, 11) is 0. The van der Waals surface area contributed by atoms with E-state index in [0.29, 0.717) is 12.8 Å². The van der Waals surface area contributed by atoms with Crippen molar-refractivity contribution in [2.24, 2.45) is 11.7 Å². The molecule has 6 nitrogen and oxygen atoms in total. The van der Waals surface area contributed by atoms with Gasteiger partial charge in [-0.25, -0.2) is 0 Å². The normalized spacial score (nSPS) is 12.0. The van der Waals surface area contributed by atoms with Crippen LogP contribution < -0.4 is 16.4 Å². The first-order chi connectivity index (χ1) is 9.36. The minimum absolute atomic E-state index is 0.127. The maximum atomic E-state index is 11.9. The van der Waals surface area contributed by atoms with E-state index in [0.717, 1.165) is 19.3 Å². The molecule has 1 atom stereocenters. The molecule has 0 unspecified atom stereocenters. The number of carbonyl (C=O) groups excluding carboxylic acids is 3. The summed E-state index contributed by atoms with van der Waals surface area (Å²) >= 11 is 0. The van der Waals surface area contributed by atoms with Crippen LogP contribution in [0.3, 0.4) is 0 Å². The lowest BCUT2D eigenvalue weighted by Crippen LogP contribution is -2.49. The highest BCUT2D eigenvalue weighted by Gasteiger charge is 2.21. The maximum absolute atomic E-state index is 11.9. The number of amides is 3. The van der Waals surface area contributed by atoms with Gasteiger partial charge in [0, 0.05) is 6.42 Å². The van der Waals surface area contributed by atoms with Crippen molar-refractivity contribution >= 4 is 17.7 Å². The van der Waals surface area contributed by atoms with Gasteiger partial charge in [-0.1, -0.05) is 33.6 Å². The topological polar surface area (TPSA) is 101 Å². The average molecular weight is 285 g/mol. The summed E-state index contributed by atoms with van der Waals surface area (Å²) in [4.78, 5) is 34.3. The lowest BCUT2D eigenvalue weighted by Gasteiger charge is -2.19. The van der Waals surface area contributed by atoms with Crippen LogP contribution >= 0.6 is 0 Å². The van der Waals surface area contributed by atoms with Crippen molar-refractivity contribution in [3.8, 4) is 0 Å². The van der Waals surface area contributed by atoms with E-state index in [-0.39, 0.29) is 24.3 Å². The van der Waals surface area contributed by atoms with Crippen molar-refractivity contribution in [1.29, 1.82) is 0 Å². The van der Waals surface area contributed by atoms with Gasteiger partial charge < -0.3 is 16.4 Å². The number of nitrogens with one attached hydrogen (secondary N) is 2. The number of carbonyl (C=O) groups is 3. The highest BCUT2D eigenvalue weighted by molar-refractivity contribution is 5.90. The van der Waals surface area contributed by atoms with Gasteiger partial charge in [0.05, 0.1) is 6.54 Å². The Morgan fingerprint density at radius 3 is 2.30 bits per heavy atom. The number of hydrogen-bond acceptors (Lipinski definition) is 3. The molecule has 0 saturated heterocycles. The summed E-state index contributed by atoms with van der Waals surface area (Å²) in [6.07, 6.45) is 3.81. The zero-order valence-electron chi connectivity index (χ0n) is 12.7. The second-order valence-corrected chi connectivity index (χ2v) is 5.39. The number of nitrogens with two attached hydrogens (primary N) is 1. The first kappa shape index (κ1) is 18.4. The standard InChI is InChI=1S/C14H27N3O3/c1-4-5-6-7-13(19)17-11(8-10(2)3)14(20)16-9-12(15)18/h10-11H,4-9H2,1-3H3,(H2,15,18)(H,16,20)(H,17,19)/t11-/m0/s1. The molecule has 0 aliphatic rings. The Hall–Kier alpha value is -1.59. The fourth-order valence-corrected chi connectivity index (χ4v) is 1.80. The van der Waals surface area contributed by atoms with E-state index in [2.05, 4.69) is 17.6 Å². The summed E-state index contributed by atoms with van der Waals surface area (Å²) in [5, 5.41) is 5.16. The number of rotatable bonds is 10. The summed E-state index contributed by atoms with van der Waals surface area (Å²) in [6.45, 7) is 5.80. The molecule has 0 radical (unpaired) electrons. The molecule has 3 amide bonds. The third kappa shape index (κ3) is 9.35. The van der Waals surface area contributed by atoms with E-state index in [4.69, 9.17) is 5.73 Å². The molecule has 0 aromatic heterocycles. The quantitative estimate of drug-likeness (QED) is 0.515. The van der Waals surface area contributed by atoms with Gasteiger partial charge in [-0.05, 0) is 18.8 Å². The SMILES string of the molecule is CCCCCC(=O)N[C@@H](CC(C)C)C(=O)NCC(N)=O. The van der Waals surface area contributed by atoms with Crippen molar-refractivity contribution in [2.45, 2.75) is 58.9 Å². The minimum atomic E-state index is -0.608. The Morgan fingerprint density at radius 1 is 1.15 bits per heavy atom. The van der Waals surface area contributed by atoms with Crippen molar-refractivity contribution in [3.63, 3.8) is 0 Å². The van der Waals surface area contributed by atoms with Crippen LogP contribution in [-0.4, -0.2) is 30.3 Å². The van der Waals surface area contributed by atoms with Crippen LogP contribution in [0, 0.1) is 5.92 Å². The molecule has 4 N–H and O–H groups in total. The summed E-state index contributed by atoms with van der Waals surface area (Å²) in [5.41, 5.74) is 4.98. The fraction of sp³-hybridized carbons (Fsp3) is 0.786. The number of hydrogen-bond donors (Lipinski definition) is 3. The average Bonchev–Trinajstić information content (AvgIpc) is 2.34. The summed E-state index contributed by atoms with van der Waals surface area (Å²) in [5.74, 6) is -0.828. The molecule has 0 aromatic rings. The van der Waals surface area contributed by atoms with Gasteiger partial charge in [0.2, 0.25) is 17.7 Å². The highest BCUT2D eigenvalue weighted by atomic mass is 16.2. The van der Waals surface area contributed by atoms with E-state index < -0.39 is 11.9 Å². The third-order valence-corrected chi connectivity index (χ3v) is 2.80. The first-order valence-corrected chi connectivity index (χ1v) is 7.22. The summed E-state index contributed by atoms with van der Waals surface area (Å²) < 4.78 is 0. The van der Waals surface area contributed by atoms with Gasteiger partial charge in [0.1, 0.15) is 6.04 Å². The molecule has 6 heteroatoms. The smallest absolute Gasteiger partial charge is 0.243 e. The molecule has 0 saturated carbocycles. The molecule has 0 aliphatic heterocycles. The van der Waals surface area contributed by atoms with Gasteiger partial charge in [0.25, 0.3) is 0 Å². The van der Waals surface area contributed by atoms with Crippen molar-refractivity contribution in [2.75, 3.05) is 6.54 Å². The predicted octanol–water partition coefficient (Wildman–Crippen LogP) is 0.699. The van der Waals surface area contributed by atoms with Crippen LogP contribution in [0.5, 0.6) is 0 Å². The van der Waals surface area contributed by atoms with Gasteiger partial charge in [-0.2, -0.15) is 0 Å². The molecule has 0 bridgehead atoms. The number of primary amides is 1. The first-order valence-electron chi connectivity index (χ1n) is 7.22. The lowest BCUT2D eigenvalue weighted by atomic mass is 10.0. The molecule has 0 aromatic carbocycles. The van der Waals surface area contributed by atoms with Crippen LogP contribution in [0.25, 0.3) is 0 Å². The Kier molecular flexibility index (Phi) is 9.41. The maximum Gasteiger partial charge on any atom is 0.243 e. The monoisotopic (exact) mass is 285 g/mol. The second kappa shape index (κ2) is 10.2. The Balaban J connectivity index is 4.35. The molecule has 0 rings (SSSR count). The number of unbranched alkanes of at least 4 members (excludes halogenated alkanes) is 2. The fourth-order valence-electron chi connectivity index (χ4n) is 1.80. The zero-order chi connectivity index (χ0) is 15.5. The molecule has 116 valence electrons. The van der Waals surface area contributed by atoms with E-state index in [9.17, 15) is 14.4 Å². The molecular formula is C14H27N3O3. The van der Waals surface area contributed by atoms with Crippen molar-refractivity contribution in [3.05, 3.63) is 0 Å². The van der Waals surface area contributed by atoms with E-state index in [1.807, 2.05) is 13.8 Å². The van der Waals surface area contributed by atoms with E-state index in [1.54, 1.807) is 0 Å². The highest BCUT2D eigenvalue weighted by Crippen LogP contribution is 2.06. The third-order valence-electron chi connectivity index (χ3n) is 2.80. The molecule has 0 fully saturated rings. The van der Waals surface area contributed by atoms with Crippen LogP contribution in [0.2, 0.25) is 0 Å². The predicted molar refractivity (Wildman–Crippen MR) is 77.7 cm³/mol. The van der Waals surface area contributed by atoms with Crippen LogP contribution in [0.15, 0.2) is 0 Å². The Morgan fingerprint density at radius 2 is 1.80 bits per heavy atom. The molecular weight excluding hydrogens is 258 g/mol. The van der Waals surface area contributed by atoms with Crippen LogP contribution in [-0.2, 0) is 14.4 Å². The van der Waals surface area contributed by atoms with E-state index in [1.165, 1.54) is 0 Å². The molecule has 0 aliphatic carbocycles. The van der Waals surface area contributed by atoms with Gasteiger partial charge in [-0.3, -0.25) is 14.4 Å². The van der Waals surface area contributed by atoms with Gasteiger partial charge >= 0.3 is 0 Å². The van der Waals surface area contributed by atoms with Crippen LogP contribution in [0.4, 0.5) is 0 Å². The van der Waals surface area contributed by atoms with Crippen molar-refractivity contribution < 1.29 is 14.4 Å². The van der Waals surface area contributed by atoms with Crippen molar-refractivity contribution in [1.82, 2.24) is 10.6 Å². The largest absolute Gasteiger partial charge is 0.368 e. The van der Waals surface area contributed by atoms with Crippen LogP contribution in [0.1, 0.15) is 52.9 Å². The van der Waals surface area contributed by atoms with Gasteiger partial charge in [-0.15, -0.1) is 0 Å². The molecule has 20 heavy (non-hydrogen) atoms. The molecule has 0 spiro atoms. The van der Waals surface area contributed by atoms with E-state index >= 15 is 0 Å². The summed E-state index contributed by atoms with van der Waals surface area (Å²) in [6, 6.07) is -0.608. The lowest BCUT2D eigenvalue weighted by molar-refractivity contribution is -0.130. The molecule has 0 heterocycles. The Labute approximate surface area is 120 Å². The zero-order valence-corrected chi connectivity index (χ0v) is 12.7. The Bertz CT molecular complexity index is 330. The minimum Gasteiger partial charge on any atom is -0.368 e.